The van der Waals surface area contributed by atoms with Gasteiger partial charge in [0, 0.05) is 0 Å². The second-order valence-electron chi connectivity index (χ2n) is 6.18. The minimum Gasteiger partial charge on any atom is -0.378 e. The average molecular weight is 322 g/mol. The van der Waals surface area contributed by atoms with Crippen LogP contribution in [0.15, 0.2) is 53.6 Å². The lowest BCUT2D eigenvalue weighted by molar-refractivity contribution is -0.129. The number of nitrogens with one attached hydrogen (secondary N) is 1. The maximum Gasteiger partial charge on any atom is 0.273 e. The molecule has 0 fully saturated rings. The minimum absolute atomic E-state index is 0.529. The normalized spacial score (nSPS) is 15.5. The molecule has 0 unspecified atom stereocenters. The van der Waals surface area contributed by atoms with Crippen LogP contribution in [0.5, 0.6) is 0 Å². The van der Waals surface area contributed by atoms with Crippen LogP contribution < -0.4 is 5.43 Å². The Morgan fingerprint density at radius 1 is 1.08 bits per heavy atom. The molecule has 2 aromatic rings. The highest BCUT2D eigenvalue weighted by atomic mass is 16.3. The number of hydrogen-bond donors (Lipinski definition) is 2. The van der Waals surface area contributed by atoms with Crippen LogP contribution in [-0.2, 0) is 17.6 Å². The fourth-order valence-electron chi connectivity index (χ4n) is 3.01. The molecule has 0 aromatic heterocycles. The van der Waals surface area contributed by atoms with Gasteiger partial charge in [0.05, 0.1) is 5.71 Å². The zero-order valence-corrected chi connectivity index (χ0v) is 13.8. The Balaban J connectivity index is 1.69. The molecule has 1 aliphatic carbocycles. The summed E-state index contributed by atoms with van der Waals surface area (Å²) in [5, 5.41) is 14.2. The van der Waals surface area contributed by atoms with Crippen molar-refractivity contribution in [3.05, 3.63) is 70.8 Å². The Morgan fingerprint density at radius 3 is 2.54 bits per heavy atom. The predicted octanol–water partition coefficient (Wildman–Crippen LogP) is 3.14. The van der Waals surface area contributed by atoms with Crippen LogP contribution in [0.1, 0.15) is 48.1 Å². The summed E-state index contributed by atoms with van der Waals surface area (Å²) >= 11 is 0. The molecule has 4 nitrogen and oxygen atoms in total. The van der Waals surface area contributed by atoms with Gasteiger partial charge in [-0.2, -0.15) is 5.10 Å². The molecule has 0 bridgehead atoms. The summed E-state index contributed by atoms with van der Waals surface area (Å²) in [5.41, 5.74) is 7.55. The van der Waals surface area contributed by atoms with E-state index in [0.717, 1.165) is 24.1 Å². The average Bonchev–Trinajstić information content (AvgIpc) is 2.65. The molecule has 1 aliphatic rings. The molecule has 0 saturated heterocycles. The third-order valence-electron chi connectivity index (χ3n) is 4.46. The van der Waals surface area contributed by atoms with Gasteiger partial charge in [0.2, 0.25) is 0 Å². The summed E-state index contributed by atoms with van der Waals surface area (Å²) in [4.78, 5) is 12.0. The summed E-state index contributed by atoms with van der Waals surface area (Å²) in [6.45, 7) is 1.86. The van der Waals surface area contributed by atoms with Gasteiger partial charge >= 0.3 is 0 Å². The van der Waals surface area contributed by atoms with Crippen molar-refractivity contribution in [3.8, 4) is 0 Å². The number of hydrogen-bond acceptors (Lipinski definition) is 3. The molecule has 3 rings (SSSR count). The number of aliphatic hydroxyl groups is 1. The van der Waals surface area contributed by atoms with E-state index in [1.54, 1.807) is 24.3 Å². The van der Waals surface area contributed by atoms with Crippen LogP contribution in [0.4, 0.5) is 0 Å². The van der Waals surface area contributed by atoms with Crippen molar-refractivity contribution < 1.29 is 9.90 Å². The smallest absolute Gasteiger partial charge is 0.273 e. The number of hydrazone groups is 1. The lowest BCUT2D eigenvalue weighted by Crippen LogP contribution is -2.26. The van der Waals surface area contributed by atoms with Gasteiger partial charge in [-0.3, -0.25) is 4.79 Å². The third-order valence-corrected chi connectivity index (χ3v) is 4.46. The quantitative estimate of drug-likeness (QED) is 0.671. The molecular formula is C20H22N2O2. The van der Waals surface area contributed by atoms with E-state index in [4.69, 9.17) is 0 Å². The Labute approximate surface area is 142 Å². The summed E-state index contributed by atoms with van der Waals surface area (Å²) in [6.07, 6.45) is 3.52. The molecule has 0 aliphatic heterocycles. The summed E-state index contributed by atoms with van der Waals surface area (Å²) < 4.78 is 0. The van der Waals surface area contributed by atoms with Gasteiger partial charge in [0.25, 0.3) is 5.91 Å². The fourth-order valence-corrected chi connectivity index (χ4v) is 3.01. The predicted molar refractivity (Wildman–Crippen MR) is 94.8 cm³/mol. The highest BCUT2D eigenvalue weighted by Crippen LogP contribution is 2.22. The van der Waals surface area contributed by atoms with Crippen LogP contribution in [0.25, 0.3) is 0 Å². The number of benzene rings is 2. The molecule has 0 radical (unpaired) electrons. The Hall–Kier alpha value is -2.46. The standard InChI is InChI=1S/C20H22N2O2/c1-14(17-12-11-15-7-5-6-10-18(15)13-17)21-22-20(24)19(23)16-8-3-2-4-9-16/h2-4,8-9,11-13,19,23H,5-7,10H2,1H3,(H,22,24)/t19-/m0/s1. The van der Waals surface area contributed by atoms with Crippen LogP contribution in [0.3, 0.4) is 0 Å². The van der Waals surface area contributed by atoms with E-state index in [1.807, 2.05) is 19.1 Å². The first-order valence-corrected chi connectivity index (χ1v) is 8.34. The maximum absolute atomic E-state index is 12.0. The number of carbonyl (C=O) groups is 1. The van der Waals surface area contributed by atoms with E-state index >= 15 is 0 Å². The van der Waals surface area contributed by atoms with Crippen LogP contribution in [0, 0.1) is 0 Å². The van der Waals surface area contributed by atoms with Gasteiger partial charge in [0.15, 0.2) is 6.10 Å². The Kier molecular flexibility index (Phi) is 5.06. The minimum atomic E-state index is -1.22. The zero-order chi connectivity index (χ0) is 16.9. The number of amides is 1. The van der Waals surface area contributed by atoms with Crippen LogP contribution in [0.2, 0.25) is 0 Å². The molecule has 0 heterocycles. The number of nitrogens with zero attached hydrogens (tertiary/aromatic N) is 1. The summed E-state index contributed by atoms with van der Waals surface area (Å²) in [7, 11) is 0. The molecule has 2 N–H and O–H groups in total. The van der Waals surface area contributed by atoms with Gasteiger partial charge in [-0.1, -0.05) is 42.5 Å². The second kappa shape index (κ2) is 7.41. The van der Waals surface area contributed by atoms with Gasteiger partial charge < -0.3 is 5.11 Å². The lowest BCUT2D eigenvalue weighted by atomic mass is 9.90. The number of aliphatic hydroxyl groups excluding tert-OH is 1. The largest absolute Gasteiger partial charge is 0.378 e. The van der Waals surface area contributed by atoms with Crippen molar-refractivity contribution in [1.29, 1.82) is 0 Å². The molecule has 0 spiro atoms. The van der Waals surface area contributed by atoms with E-state index in [1.165, 1.54) is 24.0 Å². The van der Waals surface area contributed by atoms with Crippen molar-refractivity contribution >= 4 is 11.6 Å². The molecule has 24 heavy (non-hydrogen) atoms. The van der Waals surface area contributed by atoms with Gasteiger partial charge in [-0.15, -0.1) is 0 Å². The van der Waals surface area contributed by atoms with E-state index < -0.39 is 12.0 Å². The number of carbonyl (C=O) groups excluding carboxylic acids is 1. The highest BCUT2D eigenvalue weighted by Gasteiger charge is 2.16. The summed E-state index contributed by atoms with van der Waals surface area (Å²) in [6, 6.07) is 15.2. The first-order chi connectivity index (χ1) is 11.6. The number of fused-ring (bicyclic) bond motifs is 1. The van der Waals surface area contributed by atoms with E-state index in [-0.39, 0.29) is 0 Å². The summed E-state index contributed by atoms with van der Waals surface area (Å²) in [5.74, 6) is -0.529. The number of aryl methyl sites for hydroxylation is 2. The third kappa shape index (κ3) is 3.71. The molecule has 0 saturated carbocycles. The lowest BCUT2D eigenvalue weighted by Gasteiger charge is -2.16. The van der Waals surface area contributed by atoms with Crippen molar-refractivity contribution in [1.82, 2.24) is 5.43 Å². The van der Waals surface area contributed by atoms with Gasteiger partial charge in [-0.05, 0) is 60.9 Å². The van der Waals surface area contributed by atoms with Crippen LogP contribution in [-0.4, -0.2) is 16.7 Å². The topological polar surface area (TPSA) is 61.7 Å². The maximum atomic E-state index is 12.0. The van der Waals surface area contributed by atoms with Crippen LogP contribution >= 0.6 is 0 Å². The Morgan fingerprint density at radius 2 is 1.79 bits per heavy atom. The molecule has 2 aromatic carbocycles. The second-order valence-corrected chi connectivity index (χ2v) is 6.18. The zero-order valence-electron chi connectivity index (χ0n) is 13.8. The molecular weight excluding hydrogens is 300 g/mol. The SMILES string of the molecule is CC(=NNC(=O)[C@@H](O)c1ccccc1)c1ccc2c(c1)CCCC2. The first kappa shape index (κ1) is 16.4. The van der Waals surface area contributed by atoms with Crippen molar-refractivity contribution in [2.75, 3.05) is 0 Å². The van der Waals surface area contributed by atoms with Crippen molar-refractivity contribution in [2.24, 2.45) is 5.10 Å². The van der Waals surface area contributed by atoms with E-state index in [2.05, 4.69) is 22.7 Å². The van der Waals surface area contributed by atoms with Crippen molar-refractivity contribution in [2.45, 2.75) is 38.7 Å². The molecule has 1 atom stereocenters. The Bertz CT molecular complexity index is 753. The van der Waals surface area contributed by atoms with Crippen molar-refractivity contribution in [3.63, 3.8) is 0 Å². The van der Waals surface area contributed by atoms with E-state index in [0.29, 0.717) is 5.56 Å². The van der Waals surface area contributed by atoms with Gasteiger partial charge in [0.1, 0.15) is 0 Å². The molecule has 4 heteroatoms. The monoisotopic (exact) mass is 322 g/mol. The number of rotatable bonds is 4. The van der Waals surface area contributed by atoms with E-state index in [9.17, 15) is 9.90 Å². The fraction of sp³-hybridized carbons (Fsp3) is 0.300. The van der Waals surface area contributed by atoms with Gasteiger partial charge in [-0.25, -0.2) is 5.43 Å². The highest BCUT2D eigenvalue weighted by molar-refractivity contribution is 5.99. The molecule has 124 valence electrons. The molecule has 1 amide bonds. The first-order valence-electron chi connectivity index (χ1n) is 8.34.